The minimum Gasteiger partial charge on any atom is -0.497 e. The van der Waals surface area contributed by atoms with Crippen molar-refractivity contribution in [2.45, 2.75) is 25.4 Å². The molecule has 2 rings (SSSR count). The number of carbonyl (C=O) groups is 1. The second-order valence-corrected chi connectivity index (χ2v) is 4.07. The third-order valence-corrected chi connectivity index (χ3v) is 2.89. The zero-order chi connectivity index (χ0) is 11.5. The Morgan fingerprint density at radius 2 is 2.38 bits per heavy atom. The van der Waals surface area contributed by atoms with E-state index in [-0.39, 0.29) is 6.04 Å². The molecule has 1 aromatic rings. The van der Waals surface area contributed by atoms with Gasteiger partial charge in [-0.2, -0.15) is 0 Å². The van der Waals surface area contributed by atoms with Crippen LogP contribution in [0.15, 0.2) is 18.2 Å². The summed E-state index contributed by atoms with van der Waals surface area (Å²) in [6, 6.07) is 6.30. The van der Waals surface area contributed by atoms with Crippen molar-refractivity contribution in [1.29, 1.82) is 0 Å². The number of anilines is 1. The van der Waals surface area contributed by atoms with E-state index in [4.69, 9.17) is 4.74 Å². The molecule has 0 aliphatic carbocycles. The van der Waals surface area contributed by atoms with Crippen molar-refractivity contribution in [3.63, 3.8) is 0 Å². The molecule has 0 fully saturated rings. The van der Waals surface area contributed by atoms with Gasteiger partial charge >= 0.3 is 0 Å². The Morgan fingerprint density at radius 3 is 3.06 bits per heavy atom. The van der Waals surface area contributed by atoms with Gasteiger partial charge in [-0.3, -0.25) is 4.79 Å². The summed E-state index contributed by atoms with van der Waals surface area (Å²) in [6.45, 7) is 2.10. The fourth-order valence-corrected chi connectivity index (χ4v) is 2.13. The molecule has 4 nitrogen and oxygen atoms in total. The highest BCUT2D eigenvalue weighted by Gasteiger charge is 2.23. The molecule has 0 radical (unpaired) electrons. The Balaban J connectivity index is 2.36. The van der Waals surface area contributed by atoms with E-state index < -0.39 is 0 Å². The zero-order valence-corrected chi connectivity index (χ0v) is 9.49. The van der Waals surface area contributed by atoms with E-state index >= 15 is 0 Å². The molecular weight excluding hydrogens is 204 g/mol. The quantitative estimate of drug-likeness (QED) is 0.762. The maximum atomic E-state index is 10.6. The van der Waals surface area contributed by atoms with Gasteiger partial charge in [-0.25, -0.2) is 0 Å². The number of fused-ring (bicyclic) bond motifs is 1. The second-order valence-electron chi connectivity index (χ2n) is 4.07. The van der Waals surface area contributed by atoms with Crippen molar-refractivity contribution in [2.75, 3.05) is 12.4 Å². The SMILES string of the molecule is COc1ccc2c(c1)[C@@H](NC=O)C[C@@H](C)N2. The standard InChI is InChI=1S/C12H16N2O2/c1-8-5-12(13-7-15)10-6-9(16-2)3-4-11(10)14-8/h3-4,6-8,12,14H,5H2,1-2H3,(H,13,15)/t8-,12+/m1/s1. The van der Waals surface area contributed by atoms with E-state index in [1.54, 1.807) is 7.11 Å². The van der Waals surface area contributed by atoms with Crippen molar-refractivity contribution < 1.29 is 9.53 Å². The summed E-state index contributed by atoms with van der Waals surface area (Å²) in [5, 5.41) is 6.23. The van der Waals surface area contributed by atoms with Crippen LogP contribution >= 0.6 is 0 Å². The van der Waals surface area contributed by atoms with Gasteiger partial charge in [0, 0.05) is 17.3 Å². The molecule has 0 aromatic heterocycles. The third kappa shape index (κ3) is 1.96. The molecule has 0 bridgehead atoms. The van der Waals surface area contributed by atoms with Crippen LogP contribution < -0.4 is 15.4 Å². The Morgan fingerprint density at radius 1 is 1.56 bits per heavy atom. The number of hydrogen-bond donors (Lipinski definition) is 2. The maximum Gasteiger partial charge on any atom is 0.207 e. The lowest BCUT2D eigenvalue weighted by atomic mass is 9.93. The molecule has 1 aromatic carbocycles. The minimum atomic E-state index is 0.0684. The van der Waals surface area contributed by atoms with Gasteiger partial charge < -0.3 is 15.4 Å². The van der Waals surface area contributed by atoms with Crippen LogP contribution in [-0.2, 0) is 4.79 Å². The molecule has 1 aliphatic rings. The molecule has 0 spiro atoms. The van der Waals surface area contributed by atoms with Crippen molar-refractivity contribution in [2.24, 2.45) is 0 Å². The first-order chi connectivity index (χ1) is 7.74. The predicted octanol–water partition coefficient (Wildman–Crippen LogP) is 1.69. The minimum absolute atomic E-state index is 0.0684. The average molecular weight is 220 g/mol. The van der Waals surface area contributed by atoms with Crippen LogP contribution in [-0.4, -0.2) is 19.6 Å². The highest BCUT2D eigenvalue weighted by molar-refractivity contribution is 5.60. The van der Waals surface area contributed by atoms with E-state index in [0.717, 1.165) is 29.8 Å². The van der Waals surface area contributed by atoms with Crippen LogP contribution in [0.4, 0.5) is 5.69 Å². The highest BCUT2D eigenvalue weighted by Crippen LogP contribution is 2.34. The number of hydrogen-bond acceptors (Lipinski definition) is 3. The van der Waals surface area contributed by atoms with Crippen LogP contribution in [0, 0.1) is 0 Å². The van der Waals surface area contributed by atoms with Crippen LogP contribution in [0.2, 0.25) is 0 Å². The number of benzene rings is 1. The smallest absolute Gasteiger partial charge is 0.207 e. The fraction of sp³-hybridized carbons (Fsp3) is 0.417. The van der Waals surface area contributed by atoms with Crippen molar-refractivity contribution in [3.8, 4) is 5.75 Å². The number of nitrogens with one attached hydrogen (secondary N) is 2. The van der Waals surface area contributed by atoms with Crippen molar-refractivity contribution in [3.05, 3.63) is 23.8 Å². The van der Waals surface area contributed by atoms with Crippen molar-refractivity contribution >= 4 is 12.1 Å². The molecule has 1 heterocycles. The summed E-state index contributed by atoms with van der Waals surface area (Å²) in [4.78, 5) is 10.6. The van der Waals surface area contributed by atoms with E-state index in [9.17, 15) is 4.79 Å². The van der Waals surface area contributed by atoms with Gasteiger partial charge in [0.2, 0.25) is 6.41 Å². The van der Waals surface area contributed by atoms with Gasteiger partial charge in [0.25, 0.3) is 0 Å². The second kappa shape index (κ2) is 4.43. The summed E-state index contributed by atoms with van der Waals surface area (Å²) < 4.78 is 5.19. The molecule has 2 atom stereocenters. The van der Waals surface area contributed by atoms with Gasteiger partial charge in [-0.15, -0.1) is 0 Å². The number of methoxy groups -OCH3 is 1. The molecule has 1 amide bonds. The first-order valence-electron chi connectivity index (χ1n) is 5.38. The topological polar surface area (TPSA) is 50.4 Å². The van der Waals surface area contributed by atoms with Crippen LogP contribution in [0.1, 0.15) is 24.9 Å². The lowest BCUT2D eigenvalue weighted by molar-refractivity contribution is -0.110. The van der Waals surface area contributed by atoms with E-state index in [1.165, 1.54) is 0 Å². The average Bonchev–Trinajstić information content (AvgIpc) is 2.29. The van der Waals surface area contributed by atoms with Gasteiger partial charge in [0.15, 0.2) is 0 Å². The molecule has 0 unspecified atom stereocenters. The number of ether oxygens (including phenoxy) is 1. The highest BCUT2D eigenvalue weighted by atomic mass is 16.5. The Hall–Kier alpha value is -1.71. The van der Waals surface area contributed by atoms with Crippen LogP contribution in [0.5, 0.6) is 5.75 Å². The molecule has 4 heteroatoms. The van der Waals surface area contributed by atoms with Gasteiger partial charge in [0.1, 0.15) is 5.75 Å². The molecule has 2 N–H and O–H groups in total. The zero-order valence-electron chi connectivity index (χ0n) is 9.49. The lowest BCUT2D eigenvalue weighted by Crippen LogP contribution is -2.32. The lowest BCUT2D eigenvalue weighted by Gasteiger charge is -2.31. The monoisotopic (exact) mass is 220 g/mol. The third-order valence-electron chi connectivity index (χ3n) is 2.89. The predicted molar refractivity (Wildman–Crippen MR) is 62.6 cm³/mol. The summed E-state index contributed by atoms with van der Waals surface area (Å²) in [5.74, 6) is 0.813. The van der Waals surface area contributed by atoms with Crippen molar-refractivity contribution in [1.82, 2.24) is 5.32 Å². The normalized spacial score (nSPS) is 22.9. The Bertz CT molecular complexity index is 393. The molecule has 86 valence electrons. The van der Waals surface area contributed by atoms with Gasteiger partial charge in [0.05, 0.1) is 13.2 Å². The number of carbonyl (C=O) groups excluding carboxylic acids is 1. The van der Waals surface area contributed by atoms with Crippen LogP contribution in [0.25, 0.3) is 0 Å². The summed E-state index contributed by atoms with van der Waals surface area (Å²) in [5.41, 5.74) is 2.16. The fourth-order valence-electron chi connectivity index (χ4n) is 2.13. The molecule has 0 saturated heterocycles. The number of amides is 1. The van der Waals surface area contributed by atoms with Gasteiger partial charge in [-0.05, 0) is 31.5 Å². The van der Waals surface area contributed by atoms with Crippen LogP contribution in [0.3, 0.4) is 0 Å². The first kappa shape index (κ1) is 10.8. The summed E-state index contributed by atoms with van der Waals surface area (Å²) in [7, 11) is 1.64. The largest absolute Gasteiger partial charge is 0.497 e. The van der Waals surface area contributed by atoms with E-state index in [0.29, 0.717) is 6.04 Å². The van der Waals surface area contributed by atoms with E-state index in [1.807, 2.05) is 18.2 Å². The maximum absolute atomic E-state index is 10.6. The van der Waals surface area contributed by atoms with E-state index in [2.05, 4.69) is 17.6 Å². The number of rotatable bonds is 3. The Labute approximate surface area is 95.0 Å². The molecule has 16 heavy (non-hydrogen) atoms. The molecule has 0 saturated carbocycles. The first-order valence-corrected chi connectivity index (χ1v) is 5.38. The Kier molecular flexibility index (Phi) is 2.99. The molecular formula is C12H16N2O2. The molecule has 1 aliphatic heterocycles. The van der Waals surface area contributed by atoms with Gasteiger partial charge in [-0.1, -0.05) is 0 Å². The summed E-state index contributed by atoms with van der Waals surface area (Å²) >= 11 is 0. The summed E-state index contributed by atoms with van der Waals surface area (Å²) in [6.07, 6.45) is 1.64.